The molecule has 0 unspecified atom stereocenters. The van der Waals surface area contributed by atoms with Gasteiger partial charge in [-0.3, -0.25) is 4.79 Å². The smallest absolute Gasteiger partial charge is 0.248 e. The molecule has 29 heavy (non-hydrogen) atoms. The number of hydrogen-bond acceptors (Lipinski definition) is 4. The van der Waals surface area contributed by atoms with Crippen molar-refractivity contribution < 1.29 is 9.53 Å². The predicted octanol–water partition coefficient (Wildman–Crippen LogP) is 4.80. The lowest BCUT2D eigenvalue weighted by molar-refractivity contribution is -0.111. The van der Waals surface area contributed by atoms with Gasteiger partial charge in [-0.15, -0.1) is 0 Å². The van der Waals surface area contributed by atoms with Crippen LogP contribution < -0.4 is 15.0 Å². The molecule has 2 aromatic rings. The van der Waals surface area contributed by atoms with E-state index in [9.17, 15) is 4.79 Å². The summed E-state index contributed by atoms with van der Waals surface area (Å²) >= 11 is 12.2. The van der Waals surface area contributed by atoms with Crippen molar-refractivity contribution in [1.82, 2.24) is 4.90 Å². The van der Waals surface area contributed by atoms with Gasteiger partial charge in [-0.05, 0) is 49.0 Å². The second kappa shape index (κ2) is 10.0. The fourth-order valence-electron chi connectivity index (χ4n) is 3.35. The molecule has 0 aromatic heterocycles. The van der Waals surface area contributed by atoms with E-state index in [1.165, 1.54) is 18.9 Å². The molecule has 2 aromatic carbocycles. The molecule has 0 radical (unpaired) electrons. The molecular formula is C22H25Cl2N3O2. The van der Waals surface area contributed by atoms with Crippen LogP contribution in [0.2, 0.25) is 10.0 Å². The Balaban J connectivity index is 1.61. The summed E-state index contributed by atoms with van der Waals surface area (Å²) in [5.74, 6) is 0.236. The van der Waals surface area contributed by atoms with E-state index in [1.54, 1.807) is 18.2 Å². The number of rotatable bonds is 6. The summed E-state index contributed by atoms with van der Waals surface area (Å²) in [7, 11) is 1.52. The predicted molar refractivity (Wildman–Crippen MR) is 121 cm³/mol. The lowest BCUT2D eigenvalue weighted by Gasteiger charge is -2.35. The van der Waals surface area contributed by atoms with Crippen molar-refractivity contribution in [3.63, 3.8) is 0 Å². The minimum Gasteiger partial charge on any atom is -0.495 e. The molecule has 0 aliphatic carbocycles. The molecule has 1 aliphatic rings. The van der Waals surface area contributed by atoms with E-state index in [4.69, 9.17) is 27.9 Å². The van der Waals surface area contributed by atoms with Crippen molar-refractivity contribution in [3.05, 3.63) is 58.1 Å². The highest BCUT2D eigenvalue weighted by atomic mass is 35.5. The van der Waals surface area contributed by atoms with Gasteiger partial charge in [0.05, 0.1) is 12.1 Å². The fourth-order valence-corrected chi connectivity index (χ4v) is 3.93. The Morgan fingerprint density at radius 2 is 1.83 bits per heavy atom. The van der Waals surface area contributed by atoms with Gasteiger partial charge in [-0.1, -0.05) is 30.1 Å². The quantitative estimate of drug-likeness (QED) is 0.664. The van der Waals surface area contributed by atoms with Gasteiger partial charge in [0, 0.05) is 54.2 Å². The maximum absolute atomic E-state index is 12.3. The molecule has 1 aliphatic heterocycles. The molecule has 1 heterocycles. The number of methoxy groups -OCH3 is 1. The van der Waals surface area contributed by atoms with Crippen molar-refractivity contribution in [2.75, 3.05) is 50.1 Å². The van der Waals surface area contributed by atoms with Crippen LogP contribution in [0.5, 0.6) is 5.75 Å². The van der Waals surface area contributed by atoms with Gasteiger partial charge in [0.1, 0.15) is 5.75 Å². The number of piperazine rings is 1. The van der Waals surface area contributed by atoms with E-state index in [0.717, 1.165) is 38.4 Å². The van der Waals surface area contributed by atoms with Crippen molar-refractivity contribution in [2.45, 2.75) is 6.92 Å². The summed E-state index contributed by atoms with van der Waals surface area (Å²) in [6.07, 6.45) is 3.07. The number of nitrogens with zero attached hydrogens (tertiary/aromatic N) is 2. The number of anilines is 2. The Hall–Kier alpha value is -2.21. The van der Waals surface area contributed by atoms with Crippen molar-refractivity contribution in [3.8, 4) is 5.75 Å². The first kappa shape index (κ1) is 21.5. The third-order valence-electron chi connectivity index (χ3n) is 4.97. The fraction of sp³-hybridized carbons (Fsp3) is 0.318. The van der Waals surface area contributed by atoms with Gasteiger partial charge in [0.15, 0.2) is 0 Å². The highest BCUT2D eigenvalue weighted by molar-refractivity contribution is 6.36. The Morgan fingerprint density at radius 1 is 1.14 bits per heavy atom. The zero-order chi connectivity index (χ0) is 20.8. The van der Waals surface area contributed by atoms with E-state index in [1.807, 2.05) is 24.3 Å². The molecule has 3 rings (SSSR count). The molecule has 1 amide bonds. The summed E-state index contributed by atoms with van der Waals surface area (Å²) in [6.45, 7) is 7.49. The normalized spacial score (nSPS) is 15.0. The summed E-state index contributed by atoms with van der Waals surface area (Å²) in [6, 6.07) is 11.2. The van der Waals surface area contributed by atoms with E-state index < -0.39 is 0 Å². The molecular weight excluding hydrogens is 409 g/mol. The first-order valence-electron chi connectivity index (χ1n) is 9.59. The van der Waals surface area contributed by atoms with Gasteiger partial charge in [-0.2, -0.15) is 0 Å². The Labute approximate surface area is 181 Å². The van der Waals surface area contributed by atoms with Crippen LogP contribution in [0.25, 0.3) is 6.08 Å². The molecule has 1 saturated heterocycles. The molecule has 0 atom stereocenters. The zero-order valence-corrected chi connectivity index (χ0v) is 18.1. The molecule has 7 heteroatoms. The van der Waals surface area contributed by atoms with Crippen LogP contribution >= 0.6 is 23.2 Å². The summed E-state index contributed by atoms with van der Waals surface area (Å²) in [4.78, 5) is 17.1. The van der Waals surface area contributed by atoms with Crippen molar-refractivity contribution in [2.24, 2.45) is 0 Å². The van der Waals surface area contributed by atoms with E-state index in [-0.39, 0.29) is 5.91 Å². The molecule has 1 fully saturated rings. The number of carbonyl (C=O) groups excluding carboxylic acids is 1. The van der Waals surface area contributed by atoms with Gasteiger partial charge in [0.2, 0.25) is 5.91 Å². The number of halogens is 2. The Kier molecular flexibility index (Phi) is 7.42. The van der Waals surface area contributed by atoms with Crippen LogP contribution in [0, 0.1) is 0 Å². The monoisotopic (exact) mass is 433 g/mol. The Morgan fingerprint density at radius 3 is 2.45 bits per heavy atom. The van der Waals surface area contributed by atoms with Crippen LogP contribution in [0.1, 0.15) is 12.5 Å². The highest BCUT2D eigenvalue weighted by Crippen LogP contribution is 2.33. The van der Waals surface area contributed by atoms with Crippen LogP contribution in [0.3, 0.4) is 0 Å². The molecule has 0 saturated carbocycles. The Bertz CT molecular complexity index is 876. The number of likely N-dealkylation sites (N-methyl/N-ethyl adjacent to an activating group) is 1. The standard InChI is InChI=1S/C22H25Cl2N3O2/c1-3-26-10-12-27(13-11-26)19-7-5-18(6-8-19)25-21(28)9-4-16-14-17(23)15-20(24)22(16)29-2/h4-9,14-15H,3,10-13H2,1-2H3,(H,25,28)/b9-4+. The maximum Gasteiger partial charge on any atom is 0.248 e. The van der Waals surface area contributed by atoms with Crippen LogP contribution in [-0.2, 0) is 4.79 Å². The summed E-state index contributed by atoms with van der Waals surface area (Å²) in [5, 5.41) is 3.74. The first-order chi connectivity index (χ1) is 14.0. The minimum absolute atomic E-state index is 0.243. The number of amides is 1. The average molecular weight is 434 g/mol. The molecule has 1 N–H and O–H groups in total. The van der Waals surface area contributed by atoms with Gasteiger partial charge < -0.3 is 19.9 Å². The lowest BCUT2D eigenvalue weighted by Crippen LogP contribution is -2.46. The number of hydrogen-bond donors (Lipinski definition) is 1. The average Bonchev–Trinajstić information content (AvgIpc) is 2.72. The summed E-state index contributed by atoms with van der Waals surface area (Å²) < 4.78 is 5.29. The topological polar surface area (TPSA) is 44.8 Å². The van der Waals surface area contributed by atoms with Gasteiger partial charge in [-0.25, -0.2) is 0 Å². The maximum atomic E-state index is 12.3. The lowest BCUT2D eigenvalue weighted by atomic mass is 10.2. The molecule has 5 nitrogen and oxygen atoms in total. The minimum atomic E-state index is -0.243. The molecule has 0 bridgehead atoms. The van der Waals surface area contributed by atoms with E-state index in [0.29, 0.717) is 21.4 Å². The largest absolute Gasteiger partial charge is 0.495 e. The molecule has 154 valence electrons. The summed E-state index contributed by atoms with van der Waals surface area (Å²) in [5.41, 5.74) is 2.56. The number of nitrogens with one attached hydrogen (secondary N) is 1. The van der Waals surface area contributed by atoms with E-state index >= 15 is 0 Å². The first-order valence-corrected chi connectivity index (χ1v) is 10.3. The SMILES string of the molecule is CCN1CCN(c2ccc(NC(=O)/C=C/c3cc(Cl)cc(Cl)c3OC)cc2)CC1. The van der Waals surface area contributed by atoms with Crippen molar-refractivity contribution in [1.29, 1.82) is 0 Å². The number of benzene rings is 2. The second-order valence-electron chi connectivity index (χ2n) is 6.80. The van der Waals surface area contributed by atoms with Crippen LogP contribution in [0.15, 0.2) is 42.5 Å². The third-order valence-corrected chi connectivity index (χ3v) is 5.47. The van der Waals surface area contributed by atoms with Gasteiger partial charge in [0.25, 0.3) is 0 Å². The highest BCUT2D eigenvalue weighted by Gasteiger charge is 2.15. The van der Waals surface area contributed by atoms with Crippen molar-refractivity contribution >= 4 is 46.6 Å². The van der Waals surface area contributed by atoms with Crippen LogP contribution in [0.4, 0.5) is 11.4 Å². The zero-order valence-electron chi connectivity index (χ0n) is 16.6. The number of carbonyl (C=O) groups is 1. The van der Waals surface area contributed by atoms with Crippen LogP contribution in [-0.4, -0.2) is 50.6 Å². The molecule has 0 spiro atoms. The third kappa shape index (κ3) is 5.66. The second-order valence-corrected chi connectivity index (χ2v) is 7.64. The van der Waals surface area contributed by atoms with E-state index in [2.05, 4.69) is 22.0 Å². The number of ether oxygens (including phenoxy) is 1. The van der Waals surface area contributed by atoms with Gasteiger partial charge >= 0.3 is 0 Å².